The summed E-state index contributed by atoms with van der Waals surface area (Å²) in [5, 5.41) is 0. The predicted octanol–water partition coefficient (Wildman–Crippen LogP) is 4.90. The summed E-state index contributed by atoms with van der Waals surface area (Å²) in [6.07, 6.45) is 1.59. The van der Waals surface area contributed by atoms with Crippen molar-refractivity contribution < 1.29 is 18.5 Å². The minimum Gasteiger partial charge on any atom is -0.302 e. The SMILES string of the molecule is CCCCOP(=O)(O)OC(Cc1ccccc1)c1ccccc1. The highest BCUT2D eigenvalue weighted by molar-refractivity contribution is 7.47. The van der Waals surface area contributed by atoms with Gasteiger partial charge in [0, 0.05) is 6.42 Å². The van der Waals surface area contributed by atoms with Crippen molar-refractivity contribution >= 4 is 7.82 Å². The van der Waals surface area contributed by atoms with Crippen LogP contribution in [-0.2, 0) is 20.0 Å². The maximum Gasteiger partial charge on any atom is 0.472 e. The van der Waals surface area contributed by atoms with E-state index >= 15 is 0 Å². The Kier molecular flexibility index (Phi) is 7.00. The minimum absolute atomic E-state index is 0.219. The molecule has 0 heterocycles. The molecular formula is C18H23O4P. The van der Waals surface area contributed by atoms with Crippen molar-refractivity contribution in [1.82, 2.24) is 0 Å². The Balaban J connectivity index is 2.12. The lowest BCUT2D eigenvalue weighted by molar-refractivity contribution is 0.103. The smallest absolute Gasteiger partial charge is 0.302 e. The maximum absolute atomic E-state index is 12.2. The Morgan fingerprint density at radius 1 is 1.04 bits per heavy atom. The molecule has 5 heteroatoms. The Morgan fingerprint density at radius 2 is 1.65 bits per heavy atom. The second kappa shape index (κ2) is 8.99. The average molecular weight is 334 g/mol. The summed E-state index contributed by atoms with van der Waals surface area (Å²) >= 11 is 0. The van der Waals surface area contributed by atoms with Gasteiger partial charge in [0.25, 0.3) is 0 Å². The van der Waals surface area contributed by atoms with Crippen LogP contribution < -0.4 is 0 Å². The molecule has 2 aromatic rings. The first-order valence-electron chi connectivity index (χ1n) is 7.85. The summed E-state index contributed by atoms with van der Waals surface area (Å²) in [4.78, 5) is 9.96. The number of unbranched alkanes of at least 4 members (excludes halogenated alkanes) is 1. The van der Waals surface area contributed by atoms with Crippen molar-refractivity contribution in [3.05, 3.63) is 71.8 Å². The van der Waals surface area contributed by atoms with Crippen LogP contribution in [0.15, 0.2) is 60.7 Å². The van der Waals surface area contributed by atoms with Gasteiger partial charge in [0.2, 0.25) is 0 Å². The van der Waals surface area contributed by atoms with E-state index in [9.17, 15) is 9.46 Å². The van der Waals surface area contributed by atoms with Crippen LogP contribution in [0.25, 0.3) is 0 Å². The van der Waals surface area contributed by atoms with Crippen LogP contribution in [0.5, 0.6) is 0 Å². The number of phosphoric ester groups is 1. The predicted molar refractivity (Wildman–Crippen MR) is 91.1 cm³/mol. The van der Waals surface area contributed by atoms with Gasteiger partial charge in [-0.1, -0.05) is 74.0 Å². The summed E-state index contributed by atoms with van der Waals surface area (Å²) in [7, 11) is -4.08. The highest BCUT2D eigenvalue weighted by Crippen LogP contribution is 2.48. The second-order valence-corrected chi connectivity index (χ2v) is 6.76. The molecule has 0 saturated carbocycles. The van der Waals surface area contributed by atoms with E-state index in [2.05, 4.69) is 0 Å². The van der Waals surface area contributed by atoms with Crippen molar-refractivity contribution in [1.29, 1.82) is 0 Å². The van der Waals surface area contributed by atoms with E-state index in [-0.39, 0.29) is 6.61 Å². The molecule has 2 unspecified atom stereocenters. The van der Waals surface area contributed by atoms with E-state index in [1.54, 1.807) is 0 Å². The standard InChI is InChI=1S/C18H23O4P/c1-2-3-14-21-23(19,20)22-18(17-12-8-5-9-13-17)15-16-10-6-4-7-11-16/h4-13,18H,2-3,14-15H2,1H3,(H,19,20). The third kappa shape index (κ3) is 6.28. The van der Waals surface area contributed by atoms with Crippen LogP contribution >= 0.6 is 7.82 Å². The fraction of sp³-hybridized carbons (Fsp3) is 0.333. The Morgan fingerprint density at radius 3 is 2.26 bits per heavy atom. The van der Waals surface area contributed by atoms with E-state index in [0.717, 1.165) is 24.0 Å². The van der Waals surface area contributed by atoms with Gasteiger partial charge in [-0.3, -0.25) is 9.05 Å². The third-order valence-corrected chi connectivity index (χ3v) is 4.48. The molecule has 1 N–H and O–H groups in total. The van der Waals surface area contributed by atoms with Gasteiger partial charge < -0.3 is 4.89 Å². The molecule has 0 fully saturated rings. The van der Waals surface area contributed by atoms with Gasteiger partial charge in [0.15, 0.2) is 0 Å². The molecule has 124 valence electrons. The van der Waals surface area contributed by atoms with Crippen LogP contribution in [0.1, 0.15) is 37.0 Å². The second-order valence-electron chi connectivity index (χ2n) is 5.35. The highest BCUT2D eigenvalue weighted by Gasteiger charge is 2.27. The van der Waals surface area contributed by atoms with Crippen molar-refractivity contribution in [2.24, 2.45) is 0 Å². The number of phosphoric acid groups is 1. The first-order chi connectivity index (χ1) is 11.1. The van der Waals surface area contributed by atoms with Crippen LogP contribution in [0.4, 0.5) is 0 Å². The molecule has 2 aromatic carbocycles. The van der Waals surface area contributed by atoms with Crippen molar-refractivity contribution in [2.75, 3.05) is 6.61 Å². The van der Waals surface area contributed by atoms with Crippen molar-refractivity contribution in [3.63, 3.8) is 0 Å². The van der Waals surface area contributed by atoms with Gasteiger partial charge in [-0.2, -0.15) is 0 Å². The zero-order valence-corrected chi connectivity index (χ0v) is 14.2. The molecule has 4 nitrogen and oxygen atoms in total. The maximum atomic E-state index is 12.2. The van der Waals surface area contributed by atoms with Gasteiger partial charge in [0.05, 0.1) is 12.7 Å². The monoisotopic (exact) mass is 334 g/mol. The Labute approximate surface area is 137 Å². The van der Waals surface area contributed by atoms with Gasteiger partial charge >= 0.3 is 7.82 Å². The molecule has 23 heavy (non-hydrogen) atoms. The summed E-state index contributed by atoms with van der Waals surface area (Å²) in [6.45, 7) is 2.21. The van der Waals surface area contributed by atoms with E-state index < -0.39 is 13.9 Å². The summed E-state index contributed by atoms with van der Waals surface area (Å²) in [5.41, 5.74) is 1.89. The van der Waals surface area contributed by atoms with Crippen LogP contribution in [0.2, 0.25) is 0 Å². The number of hydrogen-bond donors (Lipinski definition) is 1. The highest BCUT2D eigenvalue weighted by atomic mass is 31.2. The molecule has 0 aromatic heterocycles. The van der Waals surface area contributed by atoms with Gasteiger partial charge in [-0.25, -0.2) is 4.57 Å². The minimum atomic E-state index is -4.08. The number of hydrogen-bond acceptors (Lipinski definition) is 3. The number of rotatable bonds is 9. The summed E-state index contributed by atoms with van der Waals surface area (Å²) in [5.74, 6) is 0. The first-order valence-corrected chi connectivity index (χ1v) is 9.35. The largest absolute Gasteiger partial charge is 0.472 e. The lowest BCUT2D eigenvalue weighted by atomic mass is 10.0. The average Bonchev–Trinajstić information content (AvgIpc) is 2.56. The fourth-order valence-corrected chi connectivity index (χ4v) is 3.17. The molecule has 2 rings (SSSR count). The van der Waals surface area contributed by atoms with E-state index in [4.69, 9.17) is 9.05 Å². The zero-order valence-electron chi connectivity index (χ0n) is 13.3. The van der Waals surface area contributed by atoms with Crippen LogP contribution in [0, 0.1) is 0 Å². The molecule has 0 bridgehead atoms. The zero-order chi connectivity index (χ0) is 16.5. The summed E-state index contributed by atoms with van der Waals surface area (Å²) in [6, 6.07) is 19.2. The Hall–Kier alpha value is -1.45. The third-order valence-electron chi connectivity index (χ3n) is 3.45. The molecule has 0 aliphatic carbocycles. The molecule has 0 radical (unpaired) electrons. The molecule has 0 saturated heterocycles. The number of benzene rings is 2. The topological polar surface area (TPSA) is 55.8 Å². The van der Waals surface area contributed by atoms with E-state index in [1.165, 1.54) is 0 Å². The van der Waals surface area contributed by atoms with Crippen molar-refractivity contribution in [3.8, 4) is 0 Å². The molecule has 0 aliphatic rings. The van der Waals surface area contributed by atoms with Gasteiger partial charge in [-0.05, 0) is 17.5 Å². The molecule has 0 spiro atoms. The van der Waals surface area contributed by atoms with Crippen molar-refractivity contribution in [2.45, 2.75) is 32.3 Å². The summed E-state index contributed by atoms with van der Waals surface area (Å²) < 4.78 is 22.7. The molecular weight excluding hydrogens is 311 g/mol. The van der Waals surface area contributed by atoms with E-state index in [1.807, 2.05) is 67.6 Å². The fourth-order valence-electron chi connectivity index (χ4n) is 2.23. The lowest BCUT2D eigenvalue weighted by Crippen LogP contribution is -2.08. The van der Waals surface area contributed by atoms with Crippen LogP contribution in [-0.4, -0.2) is 11.5 Å². The quantitative estimate of drug-likeness (QED) is 0.523. The van der Waals surface area contributed by atoms with E-state index in [0.29, 0.717) is 6.42 Å². The molecule has 0 amide bonds. The normalized spacial score (nSPS) is 15.0. The first kappa shape index (κ1) is 17.9. The van der Waals surface area contributed by atoms with Gasteiger partial charge in [0.1, 0.15) is 0 Å². The van der Waals surface area contributed by atoms with Crippen LogP contribution in [0.3, 0.4) is 0 Å². The van der Waals surface area contributed by atoms with Gasteiger partial charge in [-0.15, -0.1) is 0 Å². The molecule has 2 atom stereocenters. The lowest BCUT2D eigenvalue weighted by Gasteiger charge is -2.21. The molecule has 0 aliphatic heterocycles. The Bertz CT molecular complexity index is 615.